The normalized spacial score (nSPS) is 10.2. The third-order valence-corrected chi connectivity index (χ3v) is 3.03. The lowest BCUT2D eigenvalue weighted by Gasteiger charge is -2.21. The smallest absolute Gasteiger partial charge is 0.129 e. The minimum Gasteiger partial charge on any atom is -0.349 e. The second-order valence-corrected chi connectivity index (χ2v) is 4.70. The molecule has 1 aromatic heterocycles. The fraction of sp³-hybridized carbons (Fsp3) is 0.400. The number of pyridine rings is 1. The molecule has 0 aromatic carbocycles. The zero-order valence-electron chi connectivity index (χ0n) is 11.5. The van der Waals surface area contributed by atoms with Crippen LogP contribution in [-0.4, -0.2) is 24.6 Å². The number of anilines is 1. The number of halogens is 1. The Labute approximate surface area is 121 Å². The maximum Gasteiger partial charge on any atom is 0.129 e. The molecule has 19 heavy (non-hydrogen) atoms. The quantitative estimate of drug-likeness (QED) is 0.555. The highest BCUT2D eigenvalue weighted by molar-refractivity contribution is 6.31. The van der Waals surface area contributed by atoms with E-state index in [1.54, 1.807) is 6.20 Å². The standard InChI is InChI=1S/C15H22ClN3/c1-4-7-17-11-13-10-15(18-12-14(13)16)19(8-5-2)9-6-3/h5-6,10,12,17H,2-4,7-9,11H2,1H3. The van der Waals surface area contributed by atoms with Crippen LogP contribution < -0.4 is 10.2 Å². The summed E-state index contributed by atoms with van der Waals surface area (Å²) in [5.74, 6) is 0.900. The van der Waals surface area contributed by atoms with E-state index in [0.717, 1.165) is 44.0 Å². The number of aromatic nitrogens is 1. The van der Waals surface area contributed by atoms with Gasteiger partial charge in [-0.1, -0.05) is 30.7 Å². The summed E-state index contributed by atoms with van der Waals surface area (Å²) in [6.45, 7) is 12.9. The van der Waals surface area contributed by atoms with E-state index in [9.17, 15) is 0 Å². The predicted molar refractivity (Wildman–Crippen MR) is 83.9 cm³/mol. The van der Waals surface area contributed by atoms with Crippen LogP contribution >= 0.6 is 11.6 Å². The van der Waals surface area contributed by atoms with Crippen LogP contribution in [0.15, 0.2) is 37.6 Å². The molecule has 0 atom stereocenters. The van der Waals surface area contributed by atoms with E-state index in [1.165, 1.54) is 0 Å². The van der Waals surface area contributed by atoms with Crippen LogP contribution in [-0.2, 0) is 6.54 Å². The number of nitrogens with zero attached hydrogens (tertiary/aromatic N) is 2. The lowest BCUT2D eigenvalue weighted by atomic mass is 10.2. The second kappa shape index (κ2) is 8.73. The van der Waals surface area contributed by atoms with E-state index >= 15 is 0 Å². The summed E-state index contributed by atoms with van der Waals surface area (Å²) in [7, 11) is 0. The Hall–Kier alpha value is -1.32. The maximum atomic E-state index is 6.17. The van der Waals surface area contributed by atoms with Gasteiger partial charge in [0.2, 0.25) is 0 Å². The summed E-state index contributed by atoms with van der Waals surface area (Å²) >= 11 is 6.17. The van der Waals surface area contributed by atoms with Gasteiger partial charge in [0.1, 0.15) is 5.82 Å². The molecule has 1 heterocycles. The van der Waals surface area contributed by atoms with Crippen molar-refractivity contribution in [3.8, 4) is 0 Å². The Bertz CT molecular complexity index is 408. The van der Waals surface area contributed by atoms with Crippen LogP contribution in [0.5, 0.6) is 0 Å². The first-order chi connectivity index (χ1) is 9.22. The molecule has 0 saturated carbocycles. The molecule has 0 fully saturated rings. The summed E-state index contributed by atoms with van der Waals surface area (Å²) in [6, 6.07) is 2.03. The van der Waals surface area contributed by atoms with Gasteiger partial charge in [0.05, 0.1) is 5.02 Å². The average Bonchev–Trinajstić information content (AvgIpc) is 2.41. The van der Waals surface area contributed by atoms with Crippen molar-refractivity contribution in [2.45, 2.75) is 19.9 Å². The fourth-order valence-electron chi connectivity index (χ4n) is 1.75. The fourth-order valence-corrected chi connectivity index (χ4v) is 1.92. The Kier molecular flexibility index (Phi) is 7.23. The van der Waals surface area contributed by atoms with Gasteiger partial charge in [0.15, 0.2) is 0 Å². The number of hydrogen-bond acceptors (Lipinski definition) is 3. The van der Waals surface area contributed by atoms with Crippen molar-refractivity contribution in [1.82, 2.24) is 10.3 Å². The first-order valence-electron chi connectivity index (χ1n) is 6.54. The molecule has 0 bridgehead atoms. The van der Waals surface area contributed by atoms with E-state index in [0.29, 0.717) is 5.02 Å². The molecule has 0 aliphatic carbocycles. The summed E-state index contributed by atoms with van der Waals surface area (Å²) in [5.41, 5.74) is 1.07. The summed E-state index contributed by atoms with van der Waals surface area (Å²) < 4.78 is 0. The Morgan fingerprint density at radius 3 is 2.63 bits per heavy atom. The third kappa shape index (κ3) is 5.05. The van der Waals surface area contributed by atoms with Crippen molar-refractivity contribution in [3.05, 3.63) is 48.2 Å². The van der Waals surface area contributed by atoms with E-state index in [2.05, 4.69) is 35.3 Å². The molecule has 0 radical (unpaired) electrons. The van der Waals surface area contributed by atoms with Crippen molar-refractivity contribution in [2.24, 2.45) is 0 Å². The number of rotatable bonds is 9. The van der Waals surface area contributed by atoms with Gasteiger partial charge in [-0.15, -0.1) is 13.2 Å². The molecule has 104 valence electrons. The lowest BCUT2D eigenvalue weighted by molar-refractivity contribution is 0.674. The zero-order valence-corrected chi connectivity index (χ0v) is 12.3. The monoisotopic (exact) mass is 279 g/mol. The third-order valence-electron chi connectivity index (χ3n) is 2.69. The van der Waals surface area contributed by atoms with Gasteiger partial charge in [-0.2, -0.15) is 0 Å². The molecule has 0 aliphatic rings. The molecule has 0 spiro atoms. The number of nitrogens with one attached hydrogen (secondary N) is 1. The van der Waals surface area contributed by atoms with Crippen LogP contribution in [0.25, 0.3) is 0 Å². The van der Waals surface area contributed by atoms with Gasteiger partial charge in [-0.05, 0) is 24.6 Å². The number of hydrogen-bond donors (Lipinski definition) is 1. The Morgan fingerprint density at radius 1 is 1.37 bits per heavy atom. The molecule has 1 rings (SSSR count). The minimum absolute atomic E-state index is 0.699. The Balaban J connectivity index is 2.85. The van der Waals surface area contributed by atoms with Gasteiger partial charge in [0, 0.05) is 25.8 Å². The van der Waals surface area contributed by atoms with Crippen molar-refractivity contribution in [1.29, 1.82) is 0 Å². The van der Waals surface area contributed by atoms with Gasteiger partial charge < -0.3 is 10.2 Å². The molecule has 3 nitrogen and oxygen atoms in total. The lowest BCUT2D eigenvalue weighted by Crippen LogP contribution is -2.24. The Morgan fingerprint density at radius 2 is 2.05 bits per heavy atom. The molecule has 1 aromatic rings. The highest BCUT2D eigenvalue weighted by Gasteiger charge is 2.08. The molecule has 0 saturated heterocycles. The van der Waals surface area contributed by atoms with Crippen molar-refractivity contribution < 1.29 is 0 Å². The van der Waals surface area contributed by atoms with E-state index < -0.39 is 0 Å². The predicted octanol–water partition coefficient (Wildman–Crippen LogP) is 3.41. The largest absolute Gasteiger partial charge is 0.349 e. The van der Waals surface area contributed by atoms with E-state index in [1.807, 2.05) is 18.2 Å². The first kappa shape index (κ1) is 15.7. The minimum atomic E-state index is 0.699. The van der Waals surface area contributed by atoms with Crippen LogP contribution in [0.2, 0.25) is 5.02 Å². The summed E-state index contributed by atoms with van der Waals surface area (Å²) in [6.07, 6.45) is 6.53. The van der Waals surface area contributed by atoms with Crippen LogP contribution in [0.4, 0.5) is 5.82 Å². The molecular formula is C15H22ClN3. The van der Waals surface area contributed by atoms with E-state index in [-0.39, 0.29) is 0 Å². The maximum absolute atomic E-state index is 6.17. The molecule has 0 unspecified atom stereocenters. The molecule has 1 N–H and O–H groups in total. The van der Waals surface area contributed by atoms with Crippen LogP contribution in [0.1, 0.15) is 18.9 Å². The molecule has 0 aliphatic heterocycles. The first-order valence-corrected chi connectivity index (χ1v) is 6.92. The van der Waals surface area contributed by atoms with Crippen LogP contribution in [0.3, 0.4) is 0 Å². The summed E-state index contributed by atoms with van der Waals surface area (Å²) in [5, 5.41) is 4.05. The summed E-state index contributed by atoms with van der Waals surface area (Å²) in [4.78, 5) is 6.47. The van der Waals surface area contributed by atoms with Crippen molar-refractivity contribution >= 4 is 17.4 Å². The zero-order chi connectivity index (χ0) is 14.1. The van der Waals surface area contributed by atoms with Crippen molar-refractivity contribution in [2.75, 3.05) is 24.5 Å². The highest BCUT2D eigenvalue weighted by atomic mass is 35.5. The second-order valence-electron chi connectivity index (χ2n) is 4.29. The van der Waals surface area contributed by atoms with Crippen LogP contribution in [0, 0.1) is 0 Å². The average molecular weight is 280 g/mol. The molecular weight excluding hydrogens is 258 g/mol. The van der Waals surface area contributed by atoms with Gasteiger partial charge >= 0.3 is 0 Å². The molecule has 0 amide bonds. The molecule has 4 heteroatoms. The van der Waals surface area contributed by atoms with Crippen molar-refractivity contribution in [3.63, 3.8) is 0 Å². The SMILES string of the molecule is C=CCN(CC=C)c1cc(CNCCC)c(Cl)cn1. The highest BCUT2D eigenvalue weighted by Crippen LogP contribution is 2.20. The van der Waals surface area contributed by atoms with E-state index in [4.69, 9.17) is 11.6 Å². The topological polar surface area (TPSA) is 28.2 Å². The van der Waals surface area contributed by atoms with Gasteiger partial charge in [-0.25, -0.2) is 4.98 Å². The van der Waals surface area contributed by atoms with Gasteiger partial charge in [0.25, 0.3) is 0 Å². The van der Waals surface area contributed by atoms with Gasteiger partial charge in [-0.3, -0.25) is 0 Å².